The number of aliphatic carboxylic acids is 1. The van der Waals surface area contributed by atoms with E-state index in [1.807, 2.05) is 36.4 Å². The Morgan fingerprint density at radius 3 is 1.50 bits per heavy atom. The third-order valence-electron chi connectivity index (χ3n) is 4.12. The van der Waals surface area contributed by atoms with Gasteiger partial charge in [-0.1, -0.05) is 52.0 Å². The number of carboxylic acid groups (broad SMARTS) is 1. The van der Waals surface area contributed by atoms with Crippen molar-refractivity contribution in [2.24, 2.45) is 0 Å². The van der Waals surface area contributed by atoms with Crippen LogP contribution in [-0.2, 0) is 14.3 Å². The minimum absolute atomic E-state index is 0.0329. The van der Waals surface area contributed by atoms with E-state index in [1.165, 1.54) is 11.1 Å². The van der Waals surface area contributed by atoms with Crippen LogP contribution in [0.15, 0.2) is 48.5 Å². The summed E-state index contributed by atoms with van der Waals surface area (Å²) in [7, 11) is 0. The van der Waals surface area contributed by atoms with Gasteiger partial charge >= 0.3 is 11.9 Å². The quantitative estimate of drug-likeness (QED) is 0.578. The number of carboxylic acids is 1. The van der Waals surface area contributed by atoms with Crippen LogP contribution >= 0.6 is 0 Å². The van der Waals surface area contributed by atoms with Crippen LogP contribution in [0.25, 0.3) is 0 Å². The molecule has 2 rings (SSSR count). The highest BCUT2D eigenvalue weighted by Crippen LogP contribution is 2.19. The third kappa shape index (κ3) is 9.96. The highest BCUT2D eigenvalue weighted by molar-refractivity contribution is 5.71. The Morgan fingerprint density at radius 1 is 0.767 bits per heavy atom. The molecule has 0 saturated heterocycles. The van der Waals surface area contributed by atoms with E-state index in [-0.39, 0.29) is 19.2 Å². The summed E-state index contributed by atoms with van der Waals surface area (Å²) < 4.78 is 15.0. The molecule has 0 aliphatic rings. The lowest BCUT2D eigenvalue weighted by Crippen LogP contribution is -2.14. The van der Waals surface area contributed by atoms with Crippen LogP contribution in [0.1, 0.15) is 57.6 Å². The van der Waals surface area contributed by atoms with Gasteiger partial charge in [0.15, 0.2) is 13.2 Å². The van der Waals surface area contributed by atoms with E-state index in [2.05, 4.69) is 27.7 Å². The van der Waals surface area contributed by atoms with Crippen molar-refractivity contribution in [1.82, 2.24) is 0 Å². The van der Waals surface area contributed by atoms with E-state index in [0.29, 0.717) is 29.9 Å². The van der Waals surface area contributed by atoms with Crippen LogP contribution in [0.5, 0.6) is 11.5 Å². The zero-order chi connectivity index (χ0) is 22.5. The van der Waals surface area contributed by atoms with Gasteiger partial charge in [0, 0.05) is 0 Å². The summed E-state index contributed by atoms with van der Waals surface area (Å²) in [6, 6.07) is 15.2. The van der Waals surface area contributed by atoms with Crippen molar-refractivity contribution in [3.8, 4) is 11.5 Å². The molecule has 0 spiro atoms. The molecule has 0 saturated carbocycles. The molecule has 164 valence electrons. The van der Waals surface area contributed by atoms with E-state index in [9.17, 15) is 9.59 Å². The normalized spacial score (nSPS) is 10.2. The number of benzene rings is 2. The second kappa shape index (κ2) is 13.2. The van der Waals surface area contributed by atoms with Crippen LogP contribution < -0.4 is 9.47 Å². The molecule has 0 aromatic heterocycles. The Bertz CT molecular complexity index is 763. The third-order valence-corrected chi connectivity index (χ3v) is 4.12. The SMILES string of the molecule is CC(C)c1ccc(OCC(=O)O)cc1.CCOC(=O)COc1ccc(C(C)C)cc1. The van der Waals surface area contributed by atoms with E-state index in [4.69, 9.17) is 19.3 Å². The van der Waals surface area contributed by atoms with Gasteiger partial charge in [0.25, 0.3) is 0 Å². The summed E-state index contributed by atoms with van der Waals surface area (Å²) in [5, 5.41) is 8.39. The lowest BCUT2D eigenvalue weighted by molar-refractivity contribution is -0.145. The zero-order valence-electron chi connectivity index (χ0n) is 18.4. The fourth-order valence-corrected chi connectivity index (χ4v) is 2.39. The van der Waals surface area contributed by atoms with Gasteiger partial charge in [-0.25, -0.2) is 9.59 Å². The first-order chi connectivity index (χ1) is 14.2. The number of carbonyl (C=O) groups is 2. The number of esters is 1. The summed E-state index contributed by atoms with van der Waals surface area (Å²) in [4.78, 5) is 21.3. The maximum atomic E-state index is 11.0. The summed E-state index contributed by atoms with van der Waals surface area (Å²) in [5.74, 6) is 0.963. The second-order valence-corrected chi connectivity index (χ2v) is 7.22. The predicted octanol–water partition coefficient (Wildman–Crippen LogP) is 5.03. The first kappa shape index (κ1) is 25.0. The topological polar surface area (TPSA) is 82.1 Å². The predicted molar refractivity (Wildman–Crippen MR) is 116 cm³/mol. The average Bonchev–Trinajstić information content (AvgIpc) is 2.72. The summed E-state index contributed by atoms with van der Waals surface area (Å²) in [5.41, 5.74) is 2.47. The lowest BCUT2D eigenvalue weighted by Gasteiger charge is -2.08. The van der Waals surface area contributed by atoms with Crippen molar-refractivity contribution in [2.45, 2.75) is 46.5 Å². The smallest absolute Gasteiger partial charge is 0.344 e. The molecule has 0 heterocycles. The maximum absolute atomic E-state index is 11.0. The molecule has 0 atom stereocenters. The summed E-state index contributed by atoms with van der Waals surface area (Å²) in [6.45, 7) is 10.3. The number of carbonyl (C=O) groups excluding carboxylic acids is 1. The van der Waals surface area contributed by atoms with Gasteiger partial charge in [0.1, 0.15) is 11.5 Å². The zero-order valence-corrected chi connectivity index (χ0v) is 18.4. The van der Waals surface area contributed by atoms with Crippen molar-refractivity contribution in [1.29, 1.82) is 0 Å². The second-order valence-electron chi connectivity index (χ2n) is 7.22. The molecule has 0 amide bonds. The molecule has 6 heteroatoms. The molecule has 0 aliphatic heterocycles. The van der Waals surface area contributed by atoms with Crippen LogP contribution in [0, 0.1) is 0 Å². The molecule has 30 heavy (non-hydrogen) atoms. The van der Waals surface area contributed by atoms with Crippen molar-refractivity contribution in [2.75, 3.05) is 19.8 Å². The van der Waals surface area contributed by atoms with Crippen LogP contribution in [-0.4, -0.2) is 36.9 Å². The van der Waals surface area contributed by atoms with Gasteiger partial charge in [-0.2, -0.15) is 0 Å². The molecule has 6 nitrogen and oxygen atoms in total. The van der Waals surface area contributed by atoms with Gasteiger partial charge in [-0.3, -0.25) is 0 Å². The Morgan fingerprint density at radius 2 is 1.17 bits per heavy atom. The minimum Gasteiger partial charge on any atom is -0.482 e. The molecule has 0 fully saturated rings. The molecule has 2 aromatic carbocycles. The molecular weight excluding hydrogens is 384 g/mol. The van der Waals surface area contributed by atoms with Crippen LogP contribution in [0.4, 0.5) is 0 Å². The van der Waals surface area contributed by atoms with Crippen molar-refractivity contribution in [3.63, 3.8) is 0 Å². The van der Waals surface area contributed by atoms with E-state index >= 15 is 0 Å². The van der Waals surface area contributed by atoms with Crippen LogP contribution in [0.3, 0.4) is 0 Å². The number of hydrogen-bond donors (Lipinski definition) is 1. The number of hydrogen-bond acceptors (Lipinski definition) is 5. The maximum Gasteiger partial charge on any atom is 0.344 e. The molecular formula is C24H32O6. The van der Waals surface area contributed by atoms with Gasteiger partial charge < -0.3 is 19.3 Å². The fourth-order valence-electron chi connectivity index (χ4n) is 2.39. The lowest BCUT2D eigenvalue weighted by atomic mass is 10.0. The Labute approximate surface area is 178 Å². The Hall–Kier alpha value is -3.02. The van der Waals surface area contributed by atoms with Crippen molar-refractivity contribution in [3.05, 3.63) is 59.7 Å². The van der Waals surface area contributed by atoms with Crippen molar-refractivity contribution >= 4 is 11.9 Å². The highest BCUT2D eigenvalue weighted by Gasteiger charge is 2.04. The van der Waals surface area contributed by atoms with E-state index < -0.39 is 5.97 Å². The summed E-state index contributed by atoms with van der Waals surface area (Å²) >= 11 is 0. The Kier molecular flexibility index (Phi) is 11.0. The first-order valence-corrected chi connectivity index (χ1v) is 10.1. The summed E-state index contributed by atoms with van der Waals surface area (Å²) in [6.07, 6.45) is 0. The fraction of sp³-hybridized carbons (Fsp3) is 0.417. The largest absolute Gasteiger partial charge is 0.482 e. The first-order valence-electron chi connectivity index (χ1n) is 10.1. The standard InChI is InChI=1S/C13H18O3.C11H14O3/c1-4-15-13(14)9-16-12-7-5-11(6-8-12)10(2)3;1-8(2)9-3-5-10(6-4-9)14-7-11(12)13/h5-8,10H,4,9H2,1-3H3;3-6,8H,7H2,1-2H3,(H,12,13). The molecule has 0 aliphatic carbocycles. The van der Waals surface area contributed by atoms with Crippen molar-refractivity contribution < 1.29 is 28.9 Å². The van der Waals surface area contributed by atoms with E-state index in [0.717, 1.165) is 0 Å². The molecule has 0 unspecified atom stereocenters. The van der Waals surface area contributed by atoms with Gasteiger partial charge in [-0.15, -0.1) is 0 Å². The minimum atomic E-state index is -0.960. The molecule has 2 aromatic rings. The van der Waals surface area contributed by atoms with Gasteiger partial charge in [-0.05, 0) is 54.2 Å². The van der Waals surface area contributed by atoms with Crippen LogP contribution in [0.2, 0.25) is 0 Å². The van der Waals surface area contributed by atoms with Gasteiger partial charge in [0.2, 0.25) is 0 Å². The monoisotopic (exact) mass is 416 g/mol. The molecule has 0 bridgehead atoms. The molecule has 1 N–H and O–H groups in total. The molecule has 0 radical (unpaired) electrons. The highest BCUT2D eigenvalue weighted by atomic mass is 16.6. The number of ether oxygens (including phenoxy) is 3. The average molecular weight is 417 g/mol. The van der Waals surface area contributed by atoms with E-state index in [1.54, 1.807) is 19.1 Å². The number of rotatable bonds is 9. The Balaban J connectivity index is 0.000000303. The van der Waals surface area contributed by atoms with Gasteiger partial charge in [0.05, 0.1) is 6.61 Å².